The summed E-state index contributed by atoms with van der Waals surface area (Å²) in [6.45, 7) is 2.48. The minimum absolute atomic E-state index is 0.0970. The minimum atomic E-state index is -0.577. The number of rotatable bonds is 11. The van der Waals surface area contributed by atoms with E-state index < -0.39 is 6.04 Å². The van der Waals surface area contributed by atoms with Gasteiger partial charge in [-0.2, -0.15) is 0 Å². The van der Waals surface area contributed by atoms with Crippen molar-refractivity contribution in [1.82, 2.24) is 10.2 Å². The molecule has 0 saturated heterocycles. The Hall–Kier alpha value is -3.22. The van der Waals surface area contributed by atoms with Crippen molar-refractivity contribution in [1.29, 1.82) is 0 Å². The highest BCUT2D eigenvalue weighted by atomic mass is 16.5. The van der Waals surface area contributed by atoms with Gasteiger partial charge in [0.05, 0.1) is 20.8 Å². The Morgan fingerprint density at radius 1 is 0.933 bits per heavy atom. The van der Waals surface area contributed by atoms with Crippen molar-refractivity contribution in [2.45, 2.75) is 32.4 Å². The van der Waals surface area contributed by atoms with Crippen LogP contribution in [0.4, 0.5) is 0 Å². The molecule has 0 radical (unpaired) electrons. The Kier molecular flexibility index (Phi) is 9.00. The number of nitrogens with zero attached hydrogens (tertiary/aromatic N) is 1. The van der Waals surface area contributed by atoms with Crippen LogP contribution >= 0.6 is 0 Å². The van der Waals surface area contributed by atoms with Gasteiger partial charge in [0, 0.05) is 20.0 Å². The molecule has 30 heavy (non-hydrogen) atoms. The molecule has 1 atom stereocenters. The normalized spacial score (nSPS) is 11.3. The first-order valence-electron chi connectivity index (χ1n) is 9.89. The SMILES string of the molecule is CNC(=O)[C@H](C)N(Cc1ccc(OC)cc1)C(=O)CCCOc1ccc(OC)cc1. The van der Waals surface area contributed by atoms with Gasteiger partial charge in [0.2, 0.25) is 11.8 Å². The average Bonchev–Trinajstić information content (AvgIpc) is 2.79. The van der Waals surface area contributed by atoms with Crippen LogP contribution in [0.2, 0.25) is 0 Å². The van der Waals surface area contributed by atoms with Gasteiger partial charge in [0.15, 0.2) is 0 Å². The number of hydrogen-bond acceptors (Lipinski definition) is 5. The molecule has 0 unspecified atom stereocenters. The van der Waals surface area contributed by atoms with E-state index in [0.717, 1.165) is 22.8 Å². The first-order valence-corrected chi connectivity index (χ1v) is 9.89. The topological polar surface area (TPSA) is 77.1 Å². The van der Waals surface area contributed by atoms with E-state index in [9.17, 15) is 9.59 Å². The molecule has 162 valence electrons. The van der Waals surface area contributed by atoms with Gasteiger partial charge in [-0.1, -0.05) is 12.1 Å². The molecule has 0 fully saturated rings. The van der Waals surface area contributed by atoms with Gasteiger partial charge in [0.25, 0.3) is 0 Å². The highest BCUT2D eigenvalue weighted by molar-refractivity contribution is 5.87. The average molecular weight is 415 g/mol. The lowest BCUT2D eigenvalue weighted by Gasteiger charge is -2.28. The van der Waals surface area contributed by atoms with Crippen molar-refractivity contribution in [2.75, 3.05) is 27.9 Å². The van der Waals surface area contributed by atoms with Crippen LogP contribution in [0, 0.1) is 0 Å². The number of hydrogen-bond donors (Lipinski definition) is 1. The molecule has 0 bridgehead atoms. The van der Waals surface area contributed by atoms with E-state index in [0.29, 0.717) is 19.6 Å². The fourth-order valence-corrected chi connectivity index (χ4v) is 2.95. The quantitative estimate of drug-likeness (QED) is 0.572. The van der Waals surface area contributed by atoms with Gasteiger partial charge in [-0.25, -0.2) is 0 Å². The molecule has 2 aromatic rings. The molecule has 2 amide bonds. The monoisotopic (exact) mass is 414 g/mol. The highest BCUT2D eigenvalue weighted by Crippen LogP contribution is 2.18. The minimum Gasteiger partial charge on any atom is -0.497 e. The number of benzene rings is 2. The van der Waals surface area contributed by atoms with E-state index in [1.54, 1.807) is 33.1 Å². The molecule has 0 aliphatic rings. The van der Waals surface area contributed by atoms with Crippen LogP contribution in [-0.4, -0.2) is 50.6 Å². The standard InChI is InChI=1S/C23H30N2O5/c1-17(23(27)24-2)25(16-18-7-9-19(28-3)10-8-18)22(26)6-5-15-30-21-13-11-20(29-4)12-14-21/h7-14,17H,5-6,15-16H2,1-4H3,(H,24,27)/t17-/m0/s1. The third kappa shape index (κ3) is 6.69. The summed E-state index contributed by atoms with van der Waals surface area (Å²) < 4.78 is 16.0. The van der Waals surface area contributed by atoms with E-state index in [2.05, 4.69) is 5.32 Å². The molecule has 1 N–H and O–H groups in total. The Labute approximate surface area is 177 Å². The Morgan fingerprint density at radius 2 is 1.47 bits per heavy atom. The third-order valence-corrected chi connectivity index (χ3v) is 4.79. The van der Waals surface area contributed by atoms with Crippen LogP contribution in [0.15, 0.2) is 48.5 Å². The van der Waals surface area contributed by atoms with E-state index in [-0.39, 0.29) is 18.2 Å². The van der Waals surface area contributed by atoms with Crippen molar-refractivity contribution in [2.24, 2.45) is 0 Å². The molecule has 2 aromatic carbocycles. The highest BCUT2D eigenvalue weighted by Gasteiger charge is 2.25. The van der Waals surface area contributed by atoms with E-state index in [1.807, 2.05) is 48.5 Å². The lowest BCUT2D eigenvalue weighted by molar-refractivity contribution is -0.140. The predicted octanol–water partition coefficient (Wildman–Crippen LogP) is 3.03. The molecular formula is C23H30N2O5. The number of carbonyl (C=O) groups is 2. The number of nitrogens with one attached hydrogen (secondary N) is 1. The fourth-order valence-electron chi connectivity index (χ4n) is 2.95. The second-order valence-electron chi connectivity index (χ2n) is 6.79. The van der Waals surface area contributed by atoms with E-state index in [4.69, 9.17) is 14.2 Å². The summed E-state index contributed by atoms with van der Waals surface area (Å²) in [5, 5.41) is 2.61. The number of carbonyl (C=O) groups excluding carboxylic acids is 2. The maximum absolute atomic E-state index is 12.9. The zero-order chi connectivity index (χ0) is 21.9. The Morgan fingerprint density at radius 3 is 2.00 bits per heavy atom. The lowest BCUT2D eigenvalue weighted by Crippen LogP contribution is -2.46. The summed E-state index contributed by atoms with van der Waals surface area (Å²) in [5.41, 5.74) is 0.925. The summed E-state index contributed by atoms with van der Waals surface area (Å²) in [4.78, 5) is 26.6. The van der Waals surface area contributed by atoms with Gasteiger partial charge >= 0.3 is 0 Å². The Bertz CT molecular complexity index is 805. The maximum Gasteiger partial charge on any atom is 0.242 e. The third-order valence-electron chi connectivity index (χ3n) is 4.79. The van der Waals surface area contributed by atoms with E-state index >= 15 is 0 Å². The van der Waals surface area contributed by atoms with Crippen LogP contribution in [0.3, 0.4) is 0 Å². The van der Waals surface area contributed by atoms with Gasteiger partial charge in [-0.15, -0.1) is 0 Å². The van der Waals surface area contributed by atoms with Crippen molar-refractivity contribution < 1.29 is 23.8 Å². The number of likely N-dealkylation sites (N-methyl/N-ethyl adjacent to an activating group) is 1. The molecule has 2 rings (SSSR count). The zero-order valence-corrected chi connectivity index (χ0v) is 18.0. The predicted molar refractivity (Wildman–Crippen MR) is 115 cm³/mol. The van der Waals surface area contributed by atoms with Crippen molar-refractivity contribution in [3.63, 3.8) is 0 Å². The molecule has 0 saturated carbocycles. The Balaban J connectivity index is 1.94. The van der Waals surface area contributed by atoms with Gasteiger partial charge < -0.3 is 24.4 Å². The molecule has 0 heterocycles. The van der Waals surface area contributed by atoms with Crippen molar-refractivity contribution in [3.8, 4) is 17.2 Å². The lowest BCUT2D eigenvalue weighted by atomic mass is 10.1. The molecule has 7 heteroatoms. The number of methoxy groups -OCH3 is 2. The largest absolute Gasteiger partial charge is 0.497 e. The number of amides is 2. The van der Waals surface area contributed by atoms with Gasteiger partial charge in [-0.3, -0.25) is 9.59 Å². The molecular weight excluding hydrogens is 384 g/mol. The molecule has 0 aliphatic carbocycles. The van der Waals surface area contributed by atoms with Crippen LogP contribution in [0.25, 0.3) is 0 Å². The summed E-state index contributed by atoms with van der Waals surface area (Å²) in [7, 11) is 4.78. The zero-order valence-electron chi connectivity index (χ0n) is 18.0. The van der Waals surface area contributed by atoms with E-state index in [1.165, 1.54) is 0 Å². The van der Waals surface area contributed by atoms with Gasteiger partial charge in [-0.05, 0) is 55.3 Å². The summed E-state index contributed by atoms with van der Waals surface area (Å²) >= 11 is 0. The molecule has 0 aliphatic heterocycles. The van der Waals surface area contributed by atoms with Crippen LogP contribution < -0.4 is 19.5 Å². The molecule has 7 nitrogen and oxygen atoms in total. The fraction of sp³-hybridized carbons (Fsp3) is 0.391. The maximum atomic E-state index is 12.9. The second-order valence-corrected chi connectivity index (χ2v) is 6.79. The first-order chi connectivity index (χ1) is 14.5. The summed E-state index contributed by atoms with van der Waals surface area (Å²) in [5.74, 6) is 1.92. The van der Waals surface area contributed by atoms with Crippen LogP contribution in [-0.2, 0) is 16.1 Å². The van der Waals surface area contributed by atoms with Gasteiger partial charge in [0.1, 0.15) is 23.3 Å². The summed E-state index contributed by atoms with van der Waals surface area (Å²) in [6, 6.07) is 14.2. The summed E-state index contributed by atoms with van der Waals surface area (Å²) in [6.07, 6.45) is 0.831. The van der Waals surface area contributed by atoms with Crippen molar-refractivity contribution >= 4 is 11.8 Å². The van der Waals surface area contributed by atoms with Crippen LogP contribution in [0.1, 0.15) is 25.3 Å². The number of ether oxygens (including phenoxy) is 3. The first kappa shape index (κ1) is 23.1. The van der Waals surface area contributed by atoms with Crippen molar-refractivity contribution in [3.05, 3.63) is 54.1 Å². The second kappa shape index (κ2) is 11.7. The molecule has 0 spiro atoms. The smallest absolute Gasteiger partial charge is 0.242 e. The van der Waals surface area contributed by atoms with Crippen LogP contribution in [0.5, 0.6) is 17.2 Å². The molecule has 0 aromatic heterocycles.